The zero-order chi connectivity index (χ0) is 23.4. The van der Waals surface area contributed by atoms with E-state index >= 15 is 0 Å². The summed E-state index contributed by atoms with van der Waals surface area (Å²) in [5.74, 6) is -2.38. The Morgan fingerprint density at radius 3 is 2.16 bits per heavy atom. The summed E-state index contributed by atoms with van der Waals surface area (Å²) < 4.78 is 27.3. The standard InChI is InChI=1S/C18H30N4O9/c1-10(23)21-15-17(30-13(4)26)16(29-12(3)25)14(9-28-11(2)24)31-18(15)27-8-6-5-7-20-22-19/h14-18,22H,5-9H2,1-4H3,(H2-,19,20,21,23)/t14-,15-,16-,17-,18-/m1/s1. The number of hydrogen-bond acceptors (Lipinski definition) is 9. The molecule has 13 nitrogen and oxygen atoms in total. The van der Waals surface area contributed by atoms with E-state index in [1.165, 1.54) is 27.7 Å². The quantitative estimate of drug-likeness (QED) is 0.100. The molecule has 1 aliphatic rings. The Morgan fingerprint density at radius 2 is 1.61 bits per heavy atom. The molecule has 1 rings (SSSR count). The van der Waals surface area contributed by atoms with Crippen LogP contribution in [0.1, 0.15) is 40.5 Å². The first-order valence-corrected chi connectivity index (χ1v) is 9.79. The number of ether oxygens (including phenoxy) is 5. The number of hydrogen-bond donors (Lipinski definition) is 3. The fourth-order valence-corrected chi connectivity index (χ4v) is 3.00. The van der Waals surface area contributed by atoms with Crippen LogP contribution in [-0.2, 0) is 42.9 Å². The second-order valence-corrected chi connectivity index (χ2v) is 6.84. The number of carbonyl (C=O) groups is 4. The van der Waals surface area contributed by atoms with Gasteiger partial charge in [0.05, 0.1) is 0 Å². The summed E-state index contributed by atoms with van der Waals surface area (Å²) >= 11 is 0. The molecular formula is C18H30N4O9. The molecule has 1 aliphatic heterocycles. The lowest BCUT2D eigenvalue weighted by Gasteiger charge is -2.44. The molecule has 1 saturated heterocycles. The van der Waals surface area contributed by atoms with Crippen molar-refractivity contribution in [3.8, 4) is 0 Å². The average molecular weight is 446 g/mol. The van der Waals surface area contributed by atoms with Crippen LogP contribution in [-0.4, -0.2) is 74.2 Å². The van der Waals surface area contributed by atoms with E-state index in [9.17, 15) is 19.2 Å². The molecule has 3 N–H and O–H groups in total. The van der Waals surface area contributed by atoms with Gasteiger partial charge in [-0.05, 0) is 19.4 Å². The van der Waals surface area contributed by atoms with E-state index < -0.39 is 54.5 Å². The van der Waals surface area contributed by atoms with E-state index in [4.69, 9.17) is 29.2 Å². The highest BCUT2D eigenvalue weighted by Crippen LogP contribution is 2.28. The summed E-state index contributed by atoms with van der Waals surface area (Å²) in [4.78, 5) is 46.5. The van der Waals surface area contributed by atoms with Gasteiger partial charge in [-0.2, -0.15) is 10.8 Å². The largest absolute Gasteiger partial charge is 0.463 e. The number of hydrazine groups is 1. The molecule has 0 aliphatic carbocycles. The van der Waals surface area contributed by atoms with Crippen LogP contribution in [0.25, 0.3) is 5.53 Å². The van der Waals surface area contributed by atoms with Gasteiger partial charge in [-0.1, -0.05) is 0 Å². The molecule has 0 aromatic heterocycles. The van der Waals surface area contributed by atoms with E-state index in [0.717, 1.165) is 0 Å². The molecule has 1 amide bonds. The fraction of sp³-hybridized carbons (Fsp3) is 0.778. The summed E-state index contributed by atoms with van der Waals surface area (Å²) in [6.45, 7) is 5.20. The molecule has 0 spiro atoms. The molecule has 0 bridgehead atoms. The number of esters is 3. The molecule has 0 aromatic rings. The van der Waals surface area contributed by atoms with Crippen LogP contribution >= 0.6 is 0 Å². The maximum atomic E-state index is 11.8. The van der Waals surface area contributed by atoms with Crippen LogP contribution < -0.4 is 16.0 Å². The van der Waals surface area contributed by atoms with Crippen molar-refractivity contribution in [2.24, 2.45) is 0 Å². The number of amides is 1. The maximum Gasteiger partial charge on any atom is 0.303 e. The summed E-state index contributed by atoms with van der Waals surface area (Å²) in [7, 11) is 0. The minimum absolute atomic E-state index is 0.208. The number of nitrogens with zero attached hydrogens (tertiary/aromatic N) is 1. The molecule has 1 fully saturated rings. The Kier molecular flexibility index (Phi) is 11.4. The molecule has 0 radical (unpaired) electrons. The van der Waals surface area contributed by atoms with E-state index in [0.29, 0.717) is 19.4 Å². The summed E-state index contributed by atoms with van der Waals surface area (Å²) in [5, 5.41) is 4.43. The highest BCUT2D eigenvalue weighted by atomic mass is 16.7. The number of rotatable bonds is 12. The zero-order valence-electron chi connectivity index (χ0n) is 18.0. The third-order valence-electron chi connectivity index (χ3n) is 4.13. The first kappa shape index (κ1) is 26.2. The van der Waals surface area contributed by atoms with Crippen molar-refractivity contribution in [3.63, 3.8) is 0 Å². The molecular weight excluding hydrogens is 416 g/mol. The van der Waals surface area contributed by atoms with E-state index in [2.05, 4.69) is 10.7 Å². The topological polar surface area (TPSA) is 175 Å². The monoisotopic (exact) mass is 446 g/mol. The lowest BCUT2D eigenvalue weighted by molar-refractivity contribution is -0.548. The van der Waals surface area contributed by atoms with E-state index in [1.807, 2.05) is 5.22 Å². The molecule has 31 heavy (non-hydrogen) atoms. The van der Waals surface area contributed by atoms with Gasteiger partial charge in [0.15, 0.2) is 18.5 Å². The van der Waals surface area contributed by atoms with Crippen molar-refractivity contribution in [2.75, 3.05) is 19.8 Å². The maximum absolute atomic E-state index is 11.8. The van der Waals surface area contributed by atoms with Crippen LogP contribution in [0.5, 0.6) is 0 Å². The van der Waals surface area contributed by atoms with Gasteiger partial charge in [0.25, 0.3) is 0 Å². The van der Waals surface area contributed by atoms with Gasteiger partial charge in [-0.25, -0.2) is 0 Å². The van der Waals surface area contributed by atoms with Gasteiger partial charge < -0.3 is 29.0 Å². The molecule has 13 heteroatoms. The Balaban J connectivity index is 3.08. The third kappa shape index (κ3) is 9.70. The second kappa shape index (κ2) is 13.5. The Hall–Kier alpha value is -2.80. The Labute approximate surface area is 179 Å². The fourth-order valence-electron chi connectivity index (χ4n) is 3.00. The molecule has 5 atom stereocenters. The third-order valence-corrected chi connectivity index (χ3v) is 4.13. The van der Waals surface area contributed by atoms with Crippen molar-refractivity contribution < 1.29 is 48.1 Å². The smallest absolute Gasteiger partial charge is 0.303 e. The predicted octanol–water partition coefficient (Wildman–Crippen LogP) is -1.95. The van der Waals surface area contributed by atoms with Gasteiger partial charge in [0, 0.05) is 34.3 Å². The zero-order valence-corrected chi connectivity index (χ0v) is 18.0. The van der Waals surface area contributed by atoms with Gasteiger partial charge in [-0.3, -0.25) is 24.6 Å². The predicted molar refractivity (Wildman–Crippen MR) is 102 cm³/mol. The second-order valence-electron chi connectivity index (χ2n) is 6.84. The molecule has 0 aromatic carbocycles. The van der Waals surface area contributed by atoms with Gasteiger partial charge in [-0.15, -0.1) is 0 Å². The first-order valence-electron chi connectivity index (χ1n) is 9.79. The van der Waals surface area contributed by atoms with Crippen molar-refractivity contribution >= 4 is 23.8 Å². The summed E-state index contributed by atoms with van der Waals surface area (Å²) in [6, 6.07) is -0.989. The molecule has 0 saturated carbocycles. The van der Waals surface area contributed by atoms with Crippen LogP contribution in [0.15, 0.2) is 0 Å². The minimum atomic E-state index is -1.16. The van der Waals surface area contributed by atoms with Crippen molar-refractivity contribution in [3.05, 3.63) is 5.53 Å². The average Bonchev–Trinajstić information content (AvgIpc) is 2.66. The van der Waals surface area contributed by atoms with E-state index in [1.54, 1.807) is 0 Å². The molecule has 1 heterocycles. The SMILES string of the molecule is CC(=O)N[C@H]1[C@H](OCCCCN[NH+]=[N-])O[C@H](COC(C)=O)[C@@H](OC(C)=O)[C@@H]1OC(C)=O. The van der Waals surface area contributed by atoms with Gasteiger partial charge >= 0.3 is 17.9 Å². The van der Waals surface area contributed by atoms with Gasteiger partial charge in [0.2, 0.25) is 5.91 Å². The lowest BCUT2D eigenvalue weighted by Crippen LogP contribution is -2.75. The number of nitrogens with one attached hydrogen (secondary N) is 3. The van der Waals surface area contributed by atoms with Crippen LogP contribution in [0, 0.1) is 0 Å². The van der Waals surface area contributed by atoms with Crippen molar-refractivity contribution in [1.82, 2.24) is 10.7 Å². The number of unbranched alkanes of at least 4 members (excludes halogenated alkanes) is 1. The van der Waals surface area contributed by atoms with Crippen LogP contribution in [0.4, 0.5) is 0 Å². The Bertz CT molecular complexity index is 646. The van der Waals surface area contributed by atoms with Gasteiger partial charge in [0.1, 0.15) is 18.8 Å². The van der Waals surface area contributed by atoms with E-state index in [-0.39, 0.29) is 13.2 Å². The first-order chi connectivity index (χ1) is 14.6. The lowest BCUT2D eigenvalue weighted by atomic mass is 9.96. The van der Waals surface area contributed by atoms with Crippen LogP contribution in [0.2, 0.25) is 0 Å². The minimum Gasteiger partial charge on any atom is -0.463 e. The summed E-state index contributed by atoms with van der Waals surface area (Å²) in [6.07, 6.45) is -3.17. The highest BCUT2D eigenvalue weighted by molar-refractivity contribution is 5.73. The molecule has 0 unspecified atom stereocenters. The summed E-state index contributed by atoms with van der Waals surface area (Å²) in [5.41, 5.74) is 11.0. The highest BCUT2D eigenvalue weighted by Gasteiger charge is 2.51. The number of carbonyl (C=O) groups excluding carboxylic acids is 4. The molecule has 176 valence electrons. The Morgan fingerprint density at radius 1 is 0.968 bits per heavy atom. The van der Waals surface area contributed by atoms with Crippen molar-refractivity contribution in [1.29, 1.82) is 0 Å². The van der Waals surface area contributed by atoms with Crippen LogP contribution in [0.3, 0.4) is 0 Å². The van der Waals surface area contributed by atoms with Crippen molar-refractivity contribution in [2.45, 2.75) is 71.2 Å². The normalized spacial score (nSPS) is 25.1.